The number of nitrogens with one attached hydrogen (secondary N) is 1. The monoisotopic (exact) mass is 288 g/mol. The number of fused-ring (bicyclic) bond motifs is 1. The van der Waals surface area contributed by atoms with Crippen LogP contribution < -0.4 is 5.32 Å². The summed E-state index contributed by atoms with van der Waals surface area (Å²) in [6, 6.07) is 7.62. The number of rotatable bonds is 8. The molecular weight excluding hydrogens is 264 g/mol. The number of carbonyl (C=O) groups is 2. The van der Waals surface area contributed by atoms with Gasteiger partial charge in [-0.25, -0.2) is 0 Å². The van der Waals surface area contributed by atoms with Gasteiger partial charge in [-0.1, -0.05) is 26.0 Å². The van der Waals surface area contributed by atoms with E-state index in [9.17, 15) is 9.59 Å². The average molecular weight is 288 g/mol. The standard InChI is InChI=1S/C17H24N2O2/c1-3-13(4-2)18-11-7-8-12-19-16(20)14-9-5-6-10-15(14)17(19)21/h5-6,9-10,13,18H,3-4,7-8,11-12H2,1-2H3. The molecule has 0 saturated carbocycles. The lowest BCUT2D eigenvalue weighted by molar-refractivity contribution is 0.0651. The lowest BCUT2D eigenvalue weighted by Gasteiger charge is -2.16. The molecule has 2 rings (SSSR count). The molecule has 0 unspecified atom stereocenters. The molecule has 1 aromatic rings. The molecule has 0 aromatic heterocycles. The molecule has 0 aliphatic carbocycles. The van der Waals surface area contributed by atoms with E-state index in [1.54, 1.807) is 24.3 Å². The van der Waals surface area contributed by atoms with Gasteiger partial charge in [0.25, 0.3) is 11.8 Å². The number of imide groups is 1. The van der Waals surface area contributed by atoms with Crippen LogP contribution in [0.5, 0.6) is 0 Å². The van der Waals surface area contributed by atoms with Crippen molar-refractivity contribution < 1.29 is 9.59 Å². The van der Waals surface area contributed by atoms with E-state index in [-0.39, 0.29) is 11.8 Å². The van der Waals surface area contributed by atoms with Crippen LogP contribution in [0.4, 0.5) is 0 Å². The quantitative estimate of drug-likeness (QED) is 0.591. The zero-order valence-electron chi connectivity index (χ0n) is 12.9. The number of carbonyl (C=O) groups excluding carboxylic acids is 2. The second-order valence-corrected chi connectivity index (χ2v) is 5.48. The molecule has 21 heavy (non-hydrogen) atoms. The van der Waals surface area contributed by atoms with Crippen molar-refractivity contribution >= 4 is 11.8 Å². The molecule has 0 atom stereocenters. The van der Waals surface area contributed by atoms with Crippen LogP contribution in [0.15, 0.2) is 24.3 Å². The molecular formula is C17H24N2O2. The summed E-state index contributed by atoms with van der Waals surface area (Å²) in [5.41, 5.74) is 1.08. The second-order valence-electron chi connectivity index (χ2n) is 5.48. The zero-order valence-corrected chi connectivity index (χ0v) is 12.9. The Morgan fingerprint density at radius 1 is 1.00 bits per heavy atom. The van der Waals surface area contributed by atoms with Gasteiger partial charge in [-0.2, -0.15) is 0 Å². The third kappa shape index (κ3) is 3.50. The molecule has 1 aliphatic rings. The fourth-order valence-electron chi connectivity index (χ4n) is 2.72. The van der Waals surface area contributed by atoms with Gasteiger partial charge in [0.15, 0.2) is 0 Å². The van der Waals surface area contributed by atoms with Gasteiger partial charge in [0.05, 0.1) is 11.1 Å². The van der Waals surface area contributed by atoms with E-state index in [4.69, 9.17) is 0 Å². The normalized spacial score (nSPS) is 14.1. The second kappa shape index (κ2) is 7.36. The van der Waals surface area contributed by atoms with Crippen LogP contribution in [-0.2, 0) is 0 Å². The Labute approximate surface area is 126 Å². The Kier molecular flexibility index (Phi) is 5.51. The van der Waals surface area contributed by atoms with Crippen molar-refractivity contribution in [1.29, 1.82) is 0 Å². The van der Waals surface area contributed by atoms with Crippen molar-refractivity contribution in [1.82, 2.24) is 10.2 Å². The van der Waals surface area contributed by atoms with Gasteiger partial charge in [-0.3, -0.25) is 14.5 Å². The Morgan fingerprint density at radius 3 is 2.10 bits per heavy atom. The summed E-state index contributed by atoms with van der Waals surface area (Å²) >= 11 is 0. The van der Waals surface area contributed by atoms with Gasteiger partial charge in [-0.05, 0) is 44.4 Å². The first kappa shape index (κ1) is 15.7. The highest BCUT2D eigenvalue weighted by molar-refractivity contribution is 6.21. The molecule has 1 N–H and O–H groups in total. The fourth-order valence-corrected chi connectivity index (χ4v) is 2.72. The molecule has 4 heteroatoms. The Morgan fingerprint density at radius 2 is 1.57 bits per heavy atom. The minimum Gasteiger partial charge on any atom is -0.314 e. The molecule has 1 heterocycles. The van der Waals surface area contributed by atoms with Gasteiger partial charge in [0.2, 0.25) is 0 Å². The first-order valence-corrected chi connectivity index (χ1v) is 7.87. The summed E-state index contributed by atoms with van der Waals surface area (Å²) in [6.07, 6.45) is 4.09. The Bertz CT molecular complexity index is 474. The van der Waals surface area contributed by atoms with Gasteiger partial charge in [0.1, 0.15) is 0 Å². The summed E-state index contributed by atoms with van der Waals surface area (Å²) in [6.45, 7) is 5.81. The van der Waals surface area contributed by atoms with Gasteiger partial charge in [-0.15, -0.1) is 0 Å². The first-order valence-electron chi connectivity index (χ1n) is 7.87. The zero-order chi connectivity index (χ0) is 15.2. The molecule has 0 saturated heterocycles. The summed E-state index contributed by atoms with van der Waals surface area (Å²) in [7, 11) is 0. The Hall–Kier alpha value is -1.68. The van der Waals surface area contributed by atoms with Crippen molar-refractivity contribution in [2.75, 3.05) is 13.1 Å². The SMILES string of the molecule is CCC(CC)NCCCCN1C(=O)c2ccccc2C1=O. The molecule has 114 valence electrons. The number of amides is 2. The minimum atomic E-state index is -0.149. The van der Waals surface area contributed by atoms with Crippen LogP contribution in [0, 0.1) is 0 Å². The number of hydrogen-bond donors (Lipinski definition) is 1. The van der Waals surface area contributed by atoms with Crippen molar-refractivity contribution in [3.8, 4) is 0 Å². The maximum Gasteiger partial charge on any atom is 0.261 e. The van der Waals surface area contributed by atoms with E-state index in [2.05, 4.69) is 19.2 Å². The van der Waals surface area contributed by atoms with Gasteiger partial charge >= 0.3 is 0 Å². The van der Waals surface area contributed by atoms with Crippen LogP contribution in [0.3, 0.4) is 0 Å². The van der Waals surface area contributed by atoms with Crippen molar-refractivity contribution in [3.63, 3.8) is 0 Å². The van der Waals surface area contributed by atoms with Gasteiger partial charge in [0, 0.05) is 12.6 Å². The molecule has 0 spiro atoms. The van der Waals surface area contributed by atoms with E-state index in [1.165, 1.54) is 4.90 Å². The molecule has 4 nitrogen and oxygen atoms in total. The minimum absolute atomic E-state index is 0.149. The van der Waals surface area contributed by atoms with E-state index >= 15 is 0 Å². The molecule has 0 fully saturated rings. The summed E-state index contributed by atoms with van der Waals surface area (Å²) in [5, 5.41) is 3.50. The smallest absolute Gasteiger partial charge is 0.261 e. The largest absolute Gasteiger partial charge is 0.314 e. The maximum absolute atomic E-state index is 12.2. The van der Waals surface area contributed by atoms with E-state index in [0.29, 0.717) is 23.7 Å². The summed E-state index contributed by atoms with van der Waals surface area (Å²) < 4.78 is 0. The summed E-state index contributed by atoms with van der Waals surface area (Å²) in [5.74, 6) is -0.299. The molecule has 0 radical (unpaired) electrons. The molecule has 1 aromatic carbocycles. The van der Waals surface area contributed by atoms with Crippen LogP contribution in [0.2, 0.25) is 0 Å². The van der Waals surface area contributed by atoms with Crippen LogP contribution in [0.1, 0.15) is 60.2 Å². The van der Waals surface area contributed by atoms with Crippen LogP contribution in [-0.4, -0.2) is 35.8 Å². The van der Waals surface area contributed by atoms with Gasteiger partial charge < -0.3 is 5.32 Å². The van der Waals surface area contributed by atoms with Crippen LogP contribution in [0.25, 0.3) is 0 Å². The number of benzene rings is 1. The number of hydrogen-bond acceptors (Lipinski definition) is 3. The highest BCUT2D eigenvalue weighted by atomic mass is 16.2. The fraction of sp³-hybridized carbons (Fsp3) is 0.529. The molecule has 1 aliphatic heterocycles. The van der Waals surface area contributed by atoms with Crippen molar-refractivity contribution in [3.05, 3.63) is 35.4 Å². The number of nitrogens with zero attached hydrogens (tertiary/aromatic N) is 1. The third-order valence-electron chi connectivity index (χ3n) is 4.11. The van der Waals surface area contributed by atoms with Crippen molar-refractivity contribution in [2.45, 2.75) is 45.6 Å². The number of unbranched alkanes of at least 4 members (excludes halogenated alkanes) is 1. The maximum atomic E-state index is 12.2. The van der Waals surface area contributed by atoms with E-state index < -0.39 is 0 Å². The predicted octanol–water partition coefficient (Wildman–Crippen LogP) is 2.84. The third-order valence-corrected chi connectivity index (χ3v) is 4.11. The highest BCUT2D eigenvalue weighted by Gasteiger charge is 2.34. The molecule has 2 amide bonds. The van der Waals surface area contributed by atoms with E-state index in [1.807, 2.05) is 0 Å². The molecule has 0 bridgehead atoms. The first-order chi connectivity index (χ1) is 10.2. The van der Waals surface area contributed by atoms with Crippen LogP contribution >= 0.6 is 0 Å². The summed E-state index contributed by atoms with van der Waals surface area (Å²) in [4.78, 5) is 25.7. The predicted molar refractivity (Wildman–Crippen MR) is 83.4 cm³/mol. The Balaban J connectivity index is 1.78. The topological polar surface area (TPSA) is 49.4 Å². The lowest BCUT2D eigenvalue weighted by Crippen LogP contribution is -2.32. The average Bonchev–Trinajstić information content (AvgIpc) is 2.76. The lowest BCUT2D eigenvalue weighted by atomic mass is 10.1. The van der Waals surface area contributed by atoms with E-state index in [0.717, 1.165) is 32.2 Å². The van der Waals surface area contributed by atoms with Crippen molar-refractivity contribution in [2.24, 2.45) is 0 Å². The highest BCUT2D eigenvalue weighted by Crippen LogP contribution is 2.22.